The van der Waals surface area contributed by atoms with E-state index in [0.717, 1.165) is 63.2 Å². The van der Waals surface area contributed by atoms with Gasteiger partial charge in [-0.25, -0.2) is 0 Å². The Labute approximate surface area is 212 Å². The maximum Gasteiger partial charge on any atom is 0.251 e. The Morgan fingerprint density at radius 1 is 0.886 bits per heavy atom. The summed E-state index contributed by atoms with van der Waals surface area (Å²) in [6.45, 7) is 8.34. The third kappa shape index (κ3) is 5.75. The van der Waals surface area contributed by atoms with Crippen molar-refractivity contribution in [3.63, 3.8) is 0 Å². The Morgan fingerprint density at radius 2 is 1.63 bits per heavy atom. The fourth-order valence-corrected chi connectivity index (χ4v) is 5.86. The lowest BCUT2D eigenvalue weighted by molar-refractivity contribution is 0.0952. The number of piperazine rings is 1. The highest BCUT2D eigenvalue weighted by molar-refractivity contribution is 7.17. The Bertz CT molecular complexity index is 1260. The second-order valence-electron chi connectivity index (χ2n) is 9.36. The Hall–Kier alpha value is -3.15. The van der Waals surface area contributed by atoms with Crippen LogP contribution in [0.2, 0.25) is 0 Å². The van der Waals surface area contributed by atoms with E-state index in [1.807, 2.05) is 53.8 Å². The average molecular weight is 484 g/mol. The van der Waals surface area contributed by atoms with Crippen LogP contribution >= 0.6 is 11.3 Å². The molecule has 0 bridgehead atoms. The number of nitrogens with one attached hydrogen (secondary N) is 1. The van der Waals surface area contributed by atoms with E-state index in [1.54, 1.807) is 0 Å². The monoisotopic (exact) mass is 483 g/mol. The number of carbonyl (C=O) groups excluding carboxylic acids is 1. The summed E-state index contributed by atoms with van der Waals surface area (Å²) in [4.78, 5) is 17.6. The minimum atomic E-state index is 0.0106. The van der Waals surface area contributed by atoms with Gasteiger partial charge in [-0.1, -0.05) is 54.6 Å². The van der Waals surface area contributed by atoms with Crippen LogP contribution in [0.25, 0.3) is 21.2 Å². The highest BCUT2D eigenvalue weighted by Crippen LogP contribution is 2.34. The standard InChI is InChI=1S/C30H33N3OS/c1-23-9-14-27-28(22-35-29(27)21-23)33-19-17-32(18-20-33)16-6-5-15-31-30(34)26-12-10-25(11-13-26)24-7-3-2-4-8-24/h2-4,7-14,21-22H,5-6,15-20H2,1H3,(H,31,34). The molecule has 35 heavy (non-hydrogen) atoms. The van der Waals surface area contributed by atoms with E-state index < -0.39 is 0 Å². The summed E-state index contributed by atoms with van der Waals surface area (Å²) in [6.07, 6.45) is 2.11. The first kappa shape index (κ1) is 23.6. The largest absolute Gasteiger partial charge is 0.368 e. The third-order valence-corrected chi connectivity index (χ3v) is 7.80. The maximum atomic E-state index is 12.5. The molecule has 0 radical (unpaired) electrons. The van der Waals surface area contributed by atoms with Crippen LogP contribution in [0.15, 0.2) is 78.2 Å². The van der Waals surface area contributed by atoms with Gasteiger partial charge in [0.1, 0.15) is 0 Å². The number of aryl methyl sites for hydroxylation is 1. The van der Waals surface area contributed by atoms with E-state index in [4.69, 9.17) is 0 Å². The van der Waals surface area contributed by atoms with Crippen LogP contribution in [-0.4, -0.2) is 50.1 Å². The lowest BCUT2D eigenvalue weighted by Crippen LogP contribution is -2.46. The van der Waals surface area contributed by atoms with Crippen LogP contribution in [0, 0.1) is 6.92 Å². The van der Waals surface area contributed by atoms with Gasteiger partial charge in [-0.3, -0.25) is 9.69 Å². The molecule has 1 aliphatic heterocycles. The molecule has 1 N–H and O–H groups in total. The fraction of sp³-hybridized carbons (Fsp3) is 0.300. The molecule has 0 aliphatic carbocycles. The molecule has 0 atom stereocenters. The van der Waals surface area contributed by atoms with E-state index in [0.29, 0.717) is 0 Å². The Morgan fingerprint density at radius 3 is 2.40 bits per heavy atom. The molecule has 1 fully saturated rings. The molecule has 180 valence electrons. The lowest BCUT2D eigenvalue weighted by Gasteiger charge is -2.35. The summed E-state index contributed by atoms with van der Waals surface area (Å²) >= 11 is 1.85. The third-order valence-electron chi connectivity index (χ3n) is 6.86. The van der Waals surface area contributed by atoms with Crippen molar-refractivity contribution in [1.29, 1.82) is 0 Å². The van der Waals surface area contributed by atoms with Crippen molar-refractivity contribution in [1.82, 2.24) is 10.2 Å². The summed E-state index contributed by atoms with van der Waals surface area (Å²) < 4.78 is 1.39. The predicted molar refractivity (Wildman–Crippen MR) is 149 cm³/mol. The van der Waals surface area contributed by atoms with Crippen LogP contribution in [0.5, 0.6) is 0 Å². The van der Waals surface area contributed by atoms with Gasteiger partial charge >= 0.3 is 0 Å². The molecule has 4 aromatic rings. The number of thiophene rings is 1. The summed E-state index contributed by atoms with van der Waals surface area (Å²) in [6, 6.07) is 24.9. The summed E-state index contributed by atoms with van der Waals surface area (Å²) in [5, 5.41) is 6.78. The zero-order valence-electron chi connectivity index (χ0n) is 20.4. The molecule has 1 saturated heterocycles. The van der Waals surface area contributed by atoms with E-state index in [1.165, 1.54) is 26.9 Å². The van der Waals surface area contributed by atoms with Crippen LogP contribution in [0.3, 0.4) is 0 Å². The fourth-order valence-electron chi connectivity index (χ4n) is 4.79. The predicted octanol–water partition coefficient (Wildman–Crippen LogP) is 6.21. The van der Waals surface area contributed by atoms with Crippen LogP contribution in [0.4, 0.5) is 5.69 Å². The zero-order chi connectivity index (χ0) is 24.0. The number of carbonyl (C=O) groups is 1. The van der Waals surface area contributed by atoms with Crippen LogP contribution in [-0.2, 0) is 0 Å². The molecule has 0 spiro atoms. The van der Waals surface area contributed by atoms with E-state index >= 15 is 0 Å². The van der Waals surface area contributed by atoms with Gasteiger partial charge in [0, 0.05) is 53.8 Å². The molecular weight excluding hydrogens is 450 g/mol. The average Bonchev–Trinajstić information content (AvgIpc) is 3.32. The number of unbranched alkanes of at least 4 members (excludes halogenated alkanes) is 1. The zero-order valence-corrected chi connectivity index (χ0v) is 21.2. The number of amides is 1. The number of rotatable bonds is 8. The molecule has 1 aromatic heterocycles. The SMILES string of the molecule is Cc1ccc2c(N3CCN(CCCCNC(=O)c4ccc(-c5ccccc5)cc4)CC3)csc2c1. The number of nitrogens with zero attached hydrogens (tertiary/aromatic N) is 2. The number of fused-ring (bicyclic) bond motifs is 1. The second-order valence-corrected chi connectivity index (χ2v) is 10.3. The number of hydrogen-bond acceptors (Lipinski definition) is 4. The Kier molecular flexibility index (Phi) is 7.45. The normalized spacial score (nSPS) is 14.4. The number of anilines is 1. The molecule has 0 saturated carbocycles. The summed E-state index contributed by atoms with van der Waals surface area (Å²) in [5.74, 6) is 0.0106. The first-order valence-electron chi connectivity index (χ1n) is 12.6. The topological polar surface area (TPSA) is 35.6 Å². The van der Waals surface area contributed by atoms with E-state index in [9.17, 15) is 4.79 Å². The van der Waals surface area contributed by atoms with Crippen molar-refractivity contribution < 1.29 is 4.79 Å². The van der Waals surface area contributed by atoms with Gasteiger partial charge in [-0.05, 0) is 61.2 Å². The summed E-state index contributed by atoms with van der Waals surface area (Å²) in [5.41, 5.74) is 5.73. The highest BCUT2D eigenvalue weighted by Gasteiger charge is 2.19. The lowest BCUT2D eigenvalue weighted by atomic mass is 10.0. The first-order chi connectivity index (χ1) is 17.2. The van der Waals surface area contributed by atoms with Crippen molar-refractivity contribution in [2.45, 2.75) is 19.8 Å². The minimum absolute atomic E-state index is 0.0106. The van der Waals surface area contributed by atoms with Gasteiger partial charge in [0.05, 0.1) is 5.69 Å². The summed E-state index contributed by atoms with van der Waals surface area (Å²) in [7, 11) is 0. The van der Waals surface area contributed by atoms with E-state index in [2.05, 4.69) is 57.8 Å². The van der Waals surface area contributed by atoms with Crippen molar-refractivity contribution >= 4 is 33.0 Å². The van der Waals surface area contributed by atoms with Gasteiger partial charge in [-0.15, -0.1) is 11.3 Å². The van der Waals surface area contributed by atoms with E-state index in [-0.39, 0.29) is 5.91 Å². The molecule has 2 heterocycles. The van der Waals surface area contributed by atoms with Gasteiger partial charge in [0.25, 0.3) is 5.91 Å². The van der Waals surface area contributed by atoms with Crippen LogP contribution < -0.4 is 10.2 Å². The van der Waals surface area contributed by atoms with Crippen molar-refractivity contribution in [2.24, 2.45) is 0 Å². The Balaban J connectivity index is 1.01. The second kappa shape index (κ2) is 11.1. The van der Waals surface area contributed by atoms with Crippen LogP contribution in [0.1, 0.15) is 28.8 Å². The minimum Gasteiger partial charge on any atom is -0.368 e. The molecule has 3 aromatic carbocycles. The van der Waals surface area contributed by atoms with Crippen molar-refractivity contribution in [2.75, 3.05) is 44.2 Å². The quantitative estimate of drug-likeness (QED) is 0.303. The van der Waals surface area contributed by atoms with Crippen molar-refractivity contribution in [3.05, 3.63) is 89.3 Å². The van der Waals surface area contributed by atoms with Gasteiger partial charge in [0.2, 0.25) is 0 Å². The molecule has 1 aliphatic rings. The molecule has 5 heteroatoms. The maximum absolute atomic E-state index is 12.5. The van der Waals surface area contributed by atoms with Gasteiger partial charge < -0.3 is 10.2 Å². The molecule has 4 nitrogen and oxygen atoms in total. The number of benzene rings is 3. The molecule has 5 rings (SSSR count). The molecule has 1 amide bonds. The highest BCUT2D eigenvalue weighted by atomic mass is 32.1. The molecule has 0 unspecified atom stereocenters. The van der Waals surface area contributed by atoms with Gasteiger partial charge in [0.15, 0.2) is 0 Å². The smallest absolute Gasteiger partial charge is 0.251 e. The first-order valence-corrected chi connectivity index (χ1v) is 13.4. The molecular formula is C30H33N3OS. The number of hydrogen-bond donors (Lipinski definition) is 1. The van der Waals surface area contributed by atoms with Crippen molar-refractivity contribution in [3.8, 4) is 11.1 Å². The van der Waals surface area contributed by atoms with Gasteiger partial charge in [-0.2, -0.15) is 0 Å².